The van der Waals surface area contributed by atoms with Gasteiger partial charge in [0.1, 0.15) is 12.2 Å². The van der Waals surface area contributed by atoms with Gasteiger partial charge in [-0.2, -0.15) is 0 Å². The summed E-state index contributed by atoms with van der Waals surface area (Å²) in [6, 6.07) is 9.46. The maximum absolute atomic E-state index is 14.3. The summed E-state index contributed by atoms with van der Waals surface area (Å²) in [6.07, 6.45) is 2.73. The number of halogens is 1. The van der Waals surface area contributed by atoms with Crippen molar-refractivity contribution in [1.29, 1.82) is 0 Å². The molecule has 2 aromatic carbocycles. The Hall–Kier alpha value is -3.33. The fourth-order valence-electron chi connectivity index (χ4n) is 6.06. The van der Waals surface area contributed by atoms with Gasteiger partial charge in [0.15, 0.2) is 28.6 Å². The van der Waals surface area contributed by atoms with Crippen molar-refractivity contribution in [2.45, 2.75) is 63.0 Å². The first-order valence-corrected chi connectivity index (χ1v) is 15.7. The van der Waals surface area contributed by atoms with Crippen molar-refractivity contribution in [1.82, 2.24) is 10.2 Å². The van der Waals surface area contributed by atoms with E-state index in [4.69, 9.17) is 18.6 Å². The molecule has 0 spiro atoms. The van der Waals surface area contributed by atoms with Crippen molar-refractivity contribution in [3.63, 3.8) is 0 Å². The average Bonchev–Trinajstić information content (AvgIpc) is 3.72. The van der Waals surface area contributed by atoms with E-state index in [-0.39, 0.29) is 38.0 Å². The molecular formula is C32H37IN2O9. The van der Waals surface area contributed by atoms with E-state index in [1.165, 1.54) is 14.2 Å². The molecule has 236 valence electrons. The first-order chi connectivity index (χ1) is 21.3. The SMILES string of the molecule is COc1cc(CO)cc(I)c1OC1C=C(C(=O)NCCO)CC(N(C(=O)c2cc3cccc(OC)c3o2)C2CCCC2)C1O. The molecule has 12 heteroatoms. The summed E-state index contributed by atoms with van der Waals surface area (Å²) in [5.74, 6) is 0.488. The third kappa shape index (κ3) is 6.53. The molecule has 2 aliphatic carbocycles. The number of hydrogen-bond acceptors (Lipinski definition) is 9. The number of nitrogens with zero attached hydrogens (tertiary/aromatic N) is 1. The molecule has 1 saturated carbocycles. The van der Waals surface area contributed by atoms with E-state index in [2.05, 4.69) is 27.9 Å². The zero-order valence-electron chi connectivity index (χ0n) is 24.6. The molecule has 44 heavy (non-hydrogen) atoms. The summed E-state index contributed by atoms with van der Waals surface area (Å²) in [5.41, 5.74) is 1.40. The quantitative estimate of drug-likeness (QED) is 0.218. The number of benzene rings is 2. The first-order valence-electron chi connectivity index (χ1n) is 14.6. The van der Waals surface area contributed by atoms with Crippen molar-refractivity contribution in [3.05, 3.63) is 62.9 Å². The Balaban J connectivity index is 1.55. The van der Waals surface area contributed by atoms with E-state index in [1.807, 2.05) is 12.1 Å². The van der Waals surface area contributed by atoms with Crippen molar-refractivity contribution in [2.75, 3.05) is 27.4 Å². The molecule has 0 bridgehead atoms. The van der Waals surface area contributed by atoms with E-state index in [0.29, 0.717) is 42.9 Å². The van der Waals surface area contributed by atoms with Gasteiger partial charge in [-0.15, -0.1) is 0 Å². The fraction of sp³-hybridized carbons (Fsp3) is 0.438. The highest BCUT2D eigenvalue weighted by molar-refractivity contribution is 14.1. The summed E-state index contributed by atoms with van der Waals surface area (Å²) < 4.78 is 24.0. The molecule has 1 fully saturated rings. The van der Waals surface area contributed by atoms with E-state index < -0.39 is 30.1 Å². The van der Waals surface area contributed by atoms with Crippen LogP contribution in [-0.2, 0) is 11.4 Å². The van der Waals surface area contributed by atoms with Crippen LogP contribution in [0.5, 0.6) is 17.2 Å². The third-order valence-electron chi connectivity index (χ3n) is 8.19. The van der Waals surface area contributed by atoms with Crippen molar-refractivity contribution >= 4 is 45.4 Å². The van der Waals surface area contributed by atoms with Gasteiger partial charge >= 0.3 is 0 Å². The number of carbonyl (C=O) groups excluding carboxylic acids is 2. The Morgan fingerprint density at radius 1 is 1.09 bits per heavy atom. The number of ether oxygens (including phenoxy) is 3. The molecule has 11 nitrogen and oxygen atoms in total. The number of para-hydroxylation sites is 1. The van der Waals surface area contributed by atoms with E-state index in [1.54, 1.807) is 35.2 Å². The van der Waals surface area contributed by atoms with Crippen LogP contribution in [0.4, 0.5) is 0 Å². The van der Waals surface area contributed by atoms with Crippen LogP contribution in [0, 0.1) is 3.57 Å². The van der Waals surface area contributed by atoms with Gasteiger partial charge in [-0.3, -0.25) is 9.59 Å². The predicted molar refractivity (Wildman–Crippen MR) is 170 cm³/mol. The van der Waals surface area contributed by atoms with Gasteiger partial charge in [-0.25, -0.2) is 0 Å². The molecule has 1 heterocycles. The largest absolute Gasteiger partial charge is 0.493 e. The standard InChI is InChI=1S/C32H37IN2O9/c1-41-24-9-5-6-19-15-27(44-29(19)24)32(40)35(21-7-3-4-8-21)23-14-20(31(39)34-10-11-36)16-25(28(23)38)43-30-22(33)12-18(17-37)13-26(30)42-2/h5-6,9,12-13,15-16,21,23,25,28,36-38H,3-4,7-8,10-11,14,17H2,1-2H3,(H,34,39). The van der Waals surface area contributed by atoms with Gasteiger partial charge in [-0.05, 0) is 71.3 Å². The average molecular weight is 721 g/mol. The minimum absolute atomic E-state index is 0.0509. The number of aliphatic hydroxyl groups is 3. The molecule has 3 aromatic rings. The highest BCUT2D eigenvalue weighted by Gasteiger charge is 2.44. The predicted octanol–water partition coefficient (Wildman–Crippen LogP) is 3.55. The maximum Gasteiger partial charge on any atom is 0.290 e. The lowest BCUT2D eigenvalue weighted by Crippen LogP contribution is -2.57. The van der Waals surface area contributed by atoms with Crippen LogP contribution in [0.3, 0.4) is 0 Å². The molecule has 3 unspecified atom stereocenters. The molecule has 4 N–H and O–H groups in total. The minimum atomic E-state index is -1.22. The van der Waals surface area contributed by atoms with Gasteiger partial charge in [-0.1, -0.05) is 25.0 Å². The second-order valence-electron chi connectivity index (χ2n) is 10.9. The fourth-order valence-corrected chi connectivity index (χ4v) is 6.86. The number of fused-ring (bicyclic) bond motifs is 1. The van der Waals surface area contributed by atoms with Crippen molar-refractivity contribution in [3.8, 4) is 17.2 Å². The van der Waals surface area contributed by atoms with Gasteiger partial charge < -0.3 is 44.2 Å². The van der Waals surface area contributed by atoms with Gasteiger partial charge in [0.05, 0.1) is 37.0 Å². The molecule has 1 aromatic heterocycles. The topological polar surface area (TPSA) is 151 Å². The number of methoxy groups -OCH3 is 2. The second kappa shape index (κ2) is 14.2. The molecule has 0 saturated heterocycles. The molecule has 0 radical (unpaired) electrons. The number of furan rings is 1. The van der Waals surface area contributed by atoms with Crippen LogP contribution in [0.15, 0.2) is 52.5 Å². The molecule has 2 amide bonds. The Kier molecular flexibility index (Phi) is 10.3. The van der Waals surface area contributed by atoms with Crippen LogP contribution < -0.4 is 19.5 Å². The van der Waals surface area contributed by atoms with Crippen LogP contribution in [0.1, 0.15) is 48.2 Å². The summed E-state index contributed by atoms with van der Waals surface area (Å²) in [6.45, 7) is -0.378. The Morgan fingerprint density at radius 2 is 1.84 bits per heavy atom. The smallest absolute Gasteiger partial charge is 0.290 e. The third-order valence-corrected chi connectivity index (χ3v) is 8.99. The molecule has 0 aliphatic heterocycles. The van der Waals surface area contributed by atoms with Crippen LogP contribution >= 0.6 is 22.6 Å². The van der Waals surface area contributed by atoms with Crippen LogP contribution in [0.25, 0.3) is 11.0 Å². The molecule has 2 aliphatic rings. The van der Waals surface area contributed by atoms with Crippen molar-refractivity contribution in [2.24, 2.45) is 0 Å². The highest BCUT2D eigenvalue weighted by atomic mass is 127. The van der Waals surface area contributed by atoms with E-state index in [9.17, 15) is 24.9 Å². The zero-order chi connectivity index (χ0) is 31.4. The number of rotatable bonds is 11. The van der Waals surface area contributed by atoms with Gasteiger partial charge in [0.2, 0.25) is 5.91 Å². The van der Waals surface area contributed by atoms with E-state index in [0.717, 1.165) is 25.7 Å². The Labute approximate surface area is 268 Å². The summed E-state index contributed by atoms with van der Waals surface area (Å²) >= 11 is 2.07. The van der Waals surface area contributed by atoms with Crippen LogP contribution in [0.2, 0.25) is 0 Å². The number of hydrogen-bond donors (Lipinski definition) is 4. The zero-order valence-corrected chi connectivity index (χ0v) is 26.8. The van der Waals surface area contributed by atoms with Gasteiger partial charge in [0, 0.05) is 30.0 Å². The number of aliphatic hydroxyl groups excluding tert-OH is 3. The second-order valence-corrected chi connectivity index (χ2v) is 12.1. The number of nitrogens with one attached hydrogen (secondary N) is 1. The minimum Gasteiger partial charge on any atom is -0.493 e. The Bertz CT molecular complexity index is 1530. The molecular weight excluding hydrogens is 683 g/mol. The van der Waals surface area contributed by atoms with Gasteiger partial charge in [0.25, 0.3) is 5.91 Å². The maximum atomic E-state index is 14.3. The van der Waals surface area contributed by atoms with Crippen LogP contribution in [-0.4, -0.2) is 83.7 Å². The summed E-state index contributed by atoms with van der Waals surface area (Å²) in [5, 5.41) is 34.3. The number of carbonyl (C=O) groups is 2. The lowest BCUT2D eigenvalue weighted by molar-refractivity contribution is -0.118. The van der Waals surface area contributed by atoms with E-state index >= 15 is 0 Å². The molecule has 5 rings (SSSR count). The van der Waals surface area contributed by atoms with Crippen molar-refractivity contribution < 1.29 is 43.5 Å². The normalized spacial score (nSPS) is 20.3. The lowest BCUT2D eigenvalue weighted by Gasteiger charge is -2.43. The molecule has 3 atom stereocenters. The monoisotopic (exact) mass is 720 g/mol. The number of amides is 2. The highest BCUT2D eigenvalue weighted by Crippen LogP contribution is 2.39. The first kappa shape index (κ1) is 32.1. The Morgan fingerprint density at radius 3 is 2.52 bits per heavy atom. The summed E-state index contributed by atoms with van der Waals surface area (Å²) in [4.78, 5) is 29.2. The lowest BCUT2D eigenvalue weighted by atomic mass is 9.87. The summed E-state index contributed by atoms with van der Waals surface area (Å²) in [7, 11) is 3.01.